The van der Waals surface area contributed by atoms with Gasteiger partial charge in [-0.05, 0) is 19.1 Å². The van der Waals surface area contributed by atoms with Gasteiger partial charge in [0.2, 0.25) is 0 Å². The van der Waals surface area contributed by atoms with E-state index in [4.69, 9.17) is 5.26 Å². The van der Waals surface area contributed by atoms with Gasteiger partial charge in [-0.2, -0.15) is 10.4 Å². The topological polar surface area (TPSA) is 61.9 Å². The van der Waals surface area contributed by atoms with E-state index in [0.717, 1.165) is 16.9 Å². The van der Waals surface area contributed by atoms with E-state index in [9.17, 15) is 4.79 Å². The van der Waals surface area contributed by atoms with Crippen LogP contribution in [0, 0.1) is 18.3 Å². The molecule has 0 saturated heterocycles. The number of thiol groups is 1. The third kappa shape index (κ3) is 3.64. The first-order valence-corrected chi connectivity index (χ1v) is 7.02. The molecule has 0 N–H and O–H groups in total. The van der Waals surface area contributed by atoms with E-state index >= 15 is 0 Å². The second-order valence-corrected chi connectivity index (χ2v) is 5.00. The molecule has 1 amide bonds. The van der Waals surface area contributed by atoms with Crippen molar-refractivity contribution in [3.8, 4) is 11.8 Å². The van der Waals surface area contributed by atoms with Crippen molar-refractivity contribution < 1.29 is 4.79 Å². The molecule has 0 saturated carbocycles. The van der Waals surface area contributed by atoms with Crippen molar-refractivity contribution in [1.29, 1.82) is 5.26 Å². The third-order valence-electron chi connectivity index (χ3n) is 3.24. The molecule has 0 spiro atoms. The van der Waals surface area contributed by atoms with Crippen LogP contribution in [-0.4, -0.2) is 26.5 Å². The van der Waals surface area contributed by atoms with Gasteiger partial charge in [-0.25, -0.2) is 4.68 Å². The van der Waals surface area contributed by atoms with Gasteiger partial charge in [0.25, 0.3) is 5.24 Å². The highest BCUT2D eigenvalue weighted by Crippen LogP contribution is 2.16. The van der Waals surface area contributed by atoms with Gasteiger partial charge in [0, 0.05) is 24.3 Å². The highest BCUT2D eigenvalue weighted by molar-refractivity contribution is 7.96. The molecule has 0 atom stereocenters. The minimum absolute atomic E-state index is 0.290. The van der Waals surface area contributed by atoms with Crippen LogP contribution in [0.5, 0.6) is 0 Å². The largest absolute Gasteiger partial charge is 0.328 e. The fourth-order valence-corrected chi connectivity index (χ4v) is 2.23. The zero-order chi connectivity index (χ0) is 15.2. The van der Waals surface area contributed by atoms with Crippen LogP contribution >= 0.6 is 12.6 Å². The quantitative estimate of drug-likeness (QED) is 0.864. The average Bonchev–Trinajstić information content (AvgIpc) is 2.85. The number of aromatic nitrogens is 2. The molecule has 1 heterocycles. The molecule has 0 unspecified atom stereocenters. The fraction of sp³-hybridized carbons (Fsp3) is 0.267. The van der Waals surface area contributed by atoms with Crippen molar-refractivity contribution in [2.75, 3.05) is 6.54 Å². The van der Waals surface area contributed by atoms with Crippen molar-refractivity contribution in [1.82, 2.24) is 14.7 Å². The van der Waals surface area contributed by atoms with Gasteiger partial charge in [-0.15, -0.1) is 0 Å². The van der Waals surface area contributed by atoms with E-state index in [1.807, 2.05) is 48.0 Å². The third-order valence-corrected chi connectivity index (χ3v) is 3.52. The van der Waals surface area contributed by atoms with Crippen LogP contribution < -0.4 is 0 Å². The standard InChI is InChI=1S/C15H16N4OS/c1-12-13(11-18(15(20)21)9-5-8-16)10-17-19(12)14-6-3-2-4-7-14/h2-4,6-7,10H,5,9,11H2,1H3,(H,20,21). The molecule has 5 nitrogen and oxygen atoms in total. The van der Waals surface area contributed by atoms with E-state index in [0.29, 0.717) is 13.1 Å². The number of carbonyl (C=O) groups excluding carboxylic acids is 1. The van der Waals surface area contributed by atoms with Gasteiger partial charge in [-0.3, -0.25) is 4.79 Å². The lowest BCUT2D eigenvalue weighted by Gasteiger charge is -2.18. The maximum absolute atomic E-state index is 11.5. The first kappa shape index (κ1) is 15.1. The number of para-hydroxylation sites is 1. The van der Waals surface area contributed by atoms with E-state index < -0.39 is 0 Å². The van der Waals surface area contributed by atoms with Gasteiger partial charge >= 0.3 is 0 Å². The molecular weight excluding hydrogens is 284 g/mol. The van der Waals surface area contributed by atoms with Gasteiger partial charge < -0.3 is 4.90 Å². The Hall–Kier alpha value is -2.26. The summed E-state index contributed by atoms with van der Waals surface area (Å²) < 4.78 is 1.83. The van der Waals surface area contributed by atoms with Crippen LogP contribution in [0.15, 0.2) is 36.5 Å². The van der Waals surface area contributed by atoms with Crippen molar-refractivity contribution in [2.45, 2.75) is 19.9 Å². The molecule has 0 aliphatic heterocycles. The first-order chi connectivity index (χ1) is 10.1. The summed E-state index contributed by atoms with van der Waals surface area (Å²) >= 11 is 3.86. The Morgan fingerprint density at radius 1 is 1.43 bits per heavy atom. The molecule has 2 aromatic rings. The summed E-state index contributed by atoms with van der Waals surface area (Å²) in [4.78, 5) is 13.0. The Labute approximate surface area is 129 Å². The molecule has 108 valence electrons. The molecule has 1 aromatic carbocycles. The number of hydrogen-bond donors (Lipinski definition) is 1. The summed E-state index contributed by atoms with van der Waals surface area (Å²) in [6.45, 7) is 2.73. The molecule has 0 fully saturated rings. The van der Waals surface area contributed by atoms with Gasteiger partial charge in [0.15, 0.2) is 0 Å². The Balaban J connectivity index is 2.20. The molecule has 6 heteroatoms. The second kappa shape index (κ2) is 6.95. The number of nitrogens with zero attached hydrogens (tertiary/aromatic N) is 4. The van der Waals surface area contributed by atoms with Crippen LogP contribution in [0.3, 0.4) is 0 Å². The van der Waals surface area contributed by atoms with Crippen molar-refractivity contribution in [3.63, 3.8) is 0 Å². The lowest BCUT2D eigenvalue weighted by molar-refractivity contribution is 0.222. The molecule has 0 bridgehead atoms. The summed E-state index contributed by atoms with van der Waals surface area (Å²) in [7, 11) is 0. The zero-order valence-corrected chi connectivity index (χ0v) is 12.6. The van der Waals surface area contributed by atoms with E-state index in [1.165, 1.54) is 4.90 Å². The van der Waals surface area contributed by atoms with Crippen molar-refractivity contribution in [3.05, 3.63) is 47.8 Å². The molecular formula is C15H16N4OS. The maximum atomic E-state index is 11.5. The monoisotopic (exact) mass is 300 g/mol. The van der Waals surface area contributed by atoms with Crippen LogP contribution in [0.4, 0.5) is 4.79 Å². The molecule has 2 rings (SSSR count). The number of benzene rings is 1. The predicted octanol–water partition coefficient (Wildman–Crippen LogP) is 2.95. The number of carbonyl (C=O) groups is 1. The van der Waals surface area contributed by atoms with Crippen molar-refractivity contribution >= 4 is 17.9 Å². The van der Waals surface area contributed by atoms with Crippen LogP contribution in [-0.2, 0) is 6.54 Å². The Bertz CT molecular complexity index is 660. The second-order valence-electron chi connectivity index (χ2n) is 4.61. The average molecular weight is 300 g/mol. The van der Waals surface area contributed by atoms with Gasteiger partial charge in [0.1, 0.15) is 0 Å². The summed E-state index contributed by atoms with van der Waals surface area (Å²) in [5, 5.41) is 12.7. The Morgan fingerprint density at radius 2 is 2.14 bits per heavy atom. The Kier molecular flexibility index (Phi) is 5.01. The maximum Gasteiger partial charge on any atom is 0.278 e. The first-order valence-electron chi connectivity index (χ1n) is 6.57. The van der Waals surface area contributed by atoms with Crippen LogP contribution in [0.2, 0.25) is 0 Å². The summed E-state index contributed by atoms with van der Waals surface area (Å²) in [5.41, 5.74) is 2.89. The van der Waals surface area contributed by atoms with Crippen molar-refractivity contribution in [2.24, 2.45) is 0 Å². The smallest absolute Gasteiger partial charge is 0.278 e. The zero-order valence-electron chi connectivity index (χ0n) is 11.7. The summed E-state index contributed by atoms with van der Waals surface area (Å²) in [6.07, 6.45) is 2.04. The normalized spacial score (nSPS) is 10.1. The SMILES string of the molecule is Cc1c(CN(CCC#N)C(=O)S)cnn1-c1ccccc1. The minimum atomic E-state index is -0.336. The lowest BCUT2D eigenvalue weighted by Crippen LogP contribution is -2.26. The molecule has 0 aliphatic carbocycles. The van der Waals surface area contributed by atoms with Crippen LogP contribution in [0.25, 0.3) is 5.69 Å². The predicted molar refractivity (Wildman–Crippen MR) is 83.3 cm³/mol. The molecule has 0 radical (unpaired) electrons. The van der Waals surface area contributed by atoms with E-state index in [-0.39, 0.29) is 11.7 Å². The van der Waals surface area contributed by atoms with Gasteiger partial charge in [0.05, 0.1) is 24.4 Å². The molecule has 0 aliphatic rings. The number of rotatable bonds is 5. The summed E-state index contributed by atoms with van der Waals surface area (Å²) in [5.74, 6) is 0. The highest BCUT2D eigenvalue weighted by Gasteiger charge is 2.14. The van der Waals surface area contributed by atoms with Crippen LogP contribution in [0.1, 0.15) is 17.7 Å². The number of hydrogen-bond acceptors (Lipinski definition) is 3. The number of nitriles is 1. The molecule has 21 heavy (non-hydrogen) atoms. The van der Waals surface area contributed by atoms with E-state index in [2.05, 4.69) is 17.7 Å². The minimum Gasteiger partial charge on any atom is -0.328 e. The fourth-order valence-electron chi connectivity index (χ4n) is 2.06. The van der Waals surface area contributed by atoms with E-state index in [1.54, 1.807) is 6.20 Å². The number of amides is 1. The van der Waals surface area contributed by atoms with Gasteiger partial charge in [-0.1, -0.05) is 30.8 Å². The lowest BCUT2D eigenvalue weighted by atomic mass is 10.2. The highest BCUT2D eigenvalue weighted by atomic mass is 32.1. The Morgan fingerprint density at radius 3 is 2.76 bits per heavy atom. The molecule has 1 aromatic heterocycles. The summed E-state index contributed by atoms with van der Waals surface area (Å²) in [6, 6.07) is 11.8.